The normalized spacial score (nSPS) is 12.4. The fourth-order valence-corrected chi connectivity index (χ4v) is 10.1. The van der Waals surface area contributed by atoms with Crippen molar-refractivity contribution in [3.63, 3.8) is 0 Å². The molecule has 10 aromatic carbocycles. The van der Waals surface area contributed by atoms with Gasteiger partial charge in [0, 0.05) is 39.2 Å². The molecule has 0 heterocycles. The number of hydrogen-bond acceptors (Lipinski definition) is 3. The summed E-state index contributed by atoms with van der Waals surface area (Å²) in [5.41, 5.74) is 18.5. The largest absolute Gasteiger partial charge is 0.310 e. The molecule has 1 aliphatic rings. The number of benzene rings is 10. The first kappa shape index (κ1) is 39.7. The number of aryl methyl sites for hydroxylation is 1. The first-order valence-electron chi connectivity index (χ1n) is 22.5. The molecule has 3 heteroatoms. The highest BCUT2D eigenvalue weighted by atomic mass is 15.2. The monoisotopic (exact) mass is 835 g/mol. The minimum absolute atomic E-state index is 0.195. The average molecular weight is 836 g/mol. The Bertz CT molecular complexity index is 3110. The lowest BCUT2D eigenvalue weighted by Crippen LogP contribution is -2.18. The van der Waals surface area contributed by atoms with Crippen LogP contribution in [-0.2, 0) is 5.41 Å². The standard InChI is InChI=1S/C62H49N3/c1-44-22-19-36-58-61(44)57-39-38-50(43-59(57)62(58,2)3)65(60-37-21-34-55-54(33-20-35-56(55)60)45-23-9-4-10-24-45)53-41-51(63(46-25-11-5-12-26-46)47-27-13-6-14-28-47)40-52(42-53)64(48-29-15-7-16-30-48)49-31-17-8-18-32-49/h4-43H,1-3H3. The van der Waals surface area contributed by atoms with Crippen LogP contribution in [-0.4, -0.2) is 0 Å². The molecule has 0 saturated heterocycles. The molecule has 0 bridgehead atoms. The average Bonchev–Trinajstić information content (AvgIpc) is 3.59. The lowest BCUT2D eigenvalue weighted by molar-refractivity contribution is 0.660. The van der Waals surface area contributed by atoms with Gasteiger partial charge in [0.25, 0.3) is 0 Å². The first-order valence-corrected chi connectivity index (χ1v) is 22.5. The van der Waals surface area contributed by atoms with Crippen LogP contribution >= 0.6 is 0 Å². The highest BCUT2D eigenvalue weighted by Crippen LogP contribution is 2.53. The fraction of sp³-hybridized carbons (Fsp3) is 0.0645. The first-order chi connectivity index (χ1) is 31.9. The molecule has 0 aliphatic heterocycles. The SMILES string of the molecule is Cc1cccc2c1-c1ccc(N(c3cc(N(c4ccccc4)c4ccccc4)cc(N(c4ccccc4)c4ccccc4)c3)c3cccc4c(-c5ccccc5)cccc34)cc1C2(C)C. The van der Waals surface area contributed by atoms with E-state index in [2.05, 4.69) is 278 Å². The predicted molar refractivity (Wildman–Crippen MR) is 276 cm³/mol. The molecule has 0 fully saturated rings. The molecule has 1 aliphatic carbocycles. The van der Waals surface area contributed by atoms with Gasteiger partial charge in [0.15, 0.2) is 0 Å². The summed E-state index contributed by atoms with van der Waals surface area (Å²) in [5, 5.41) is 2.37. The minimum atomic E-state index is -0.195. The summed E-state index contributed by atoms with van der Waals surface area (Å²) < 4.78 is 0. The summed E-state index contributed by atoms with van der Waals surface area (Å²) in [6.07, 6.45) is 0. The zero-order chi connectivity index (χ0) is 43.9. The van der Waals surface area contributed by atoms with Crippen LogP contribution in [0.25, 0.3) is 33.0 Å². The van der Waals surface area contributed by atoms with Crippen LogP contribution in [0.15, 0.2) is 243 Å². The van der Waals surface area contributed by atoms with E-state index in [-0.39, 0.29) is 5.41 Å². The summed E-state index contributed by atoms with van der Waals surface area (Å²) in [6, 6.07) is 88.1. The molecule has 0 aromatic heterocycles. The van der Waals surface area contributed by atoms with E-state index in [1.165, 1.54) is 49.7 Å². The van der Waals surface area contributed by atoms with Gasteiger partial charge in [-0.3, -0.25) is 0 Å². The predicted octanol–water partition coefficient (Wildman–Crippen LogP) is 17.5. The van der Waals surface area contributed by atoms with Gasteiger partial charge in [0.2, 0.25) is 0 Å². The zero-order valence-corrected chi connectivity index (χ0v) is 36.9. The van der Waals surface area contributed by atoms with Crippen LogP contribution in [0.4, 0.5) is 51.2 Å². The van der Waals surface area contributed by atoms with Crippen LogP contribution in [0.5, 0.6) is 0 Å². The Hall–Kier alpha value is -8.14. The van der Waals surface area contributed by atoms with Gasteiger partial charge in [-0.1, -0.05) is 172 Å². The quantitative estimate of drug-likeness (QED) is 0.136. The van der Waals surface area contributed by atoms with E-state index in [1.807, 2.05) is 0 Å². The van der Waals surface area contributed by atoms with E-state index in [4.69, 9.17) is 0 Å². The number of nitrogens with zero attached hydrogens (tertiary/aromatic N) is 3. The van der Waals surface area contributed by atoms with Gasteiger partial charge < -0.3 is 14.7 Å². The van der Waals surface area contributed by atoms with Crippen molar-refractivity contribution in [2.24, 2.45) is 0 Å². The fourth-order valence-electron chi connectivity index (χ4n) is 10.1. The molecule has 11 rings (SSSR count). The van der Waals surface area contributed by atoms with E-state index in [0.29, 0.717) is 0 Å². The maximum absolute atomic E-state index is 2.50. The number of anilines is 9. The molecule has 0 amide bonds. The van der Waals surface area contributed by atoms with Crippen LogP contribution in [0.1, 0.15) is 30.5 Å². The van der Waals surface area contributed by atoms with Crippen LogP contribution in [0.3, 0.4) is 0 Å². The Kier molecular flexibility index (Phi) is 10.1. The molecular formula is C62H49N3. The maximum atomic E-state index is 2.50. The highest BCUT2D eigenvalue weighted by Gasteiger charge is 2.37. The molecule has 3 nitrogen and oxygen atoms in total. The van der Waals surface area contributed by atoms with Crippen molar-refractivity contribution in [3.05, 3.63) is 259 Å². The summed E-state index contributed by atoms with van der Waals surface area (Å²) in [6.45, 7) is 7.00. The molecule has 10 aromatic rings. The van der Waals surface area contributed by atoms with Crippen LogP contribution in [0.2, 0.25) is 0 Å². The number of para-hydroxylation sites is 4. The summed E-state index contributed by atoms with van der Waals surface area (Å²) >= 11 is 0. The Balaban J connectivity index is 1.23. The van der Waals surface area contributed by atoms with Crippen molar-refractivity contribution < 1.29 is 0 Å². The second-order valence-electron chi connectivity index (χ2n) is 17.5. The van der Waals surface area contributed by atoms with E-state index in [1.54, 1.807) is 0 Å². The molecule has 0 saturated carbocycles. The van der Waals surface area contributed by atoms with Crippen molar-refractivity contribution in [2.45, 2.75) is 26.2 Å². The van der Waals surface area contributed by atoms with Gasteiger partial charge >= 0.3 is 0 Å². The van der Waals surface area contributed by atoms with Gasteiger partial charge in [0.05, 0.1) is 22.7 Å². The molecule has 0 N–H and O–H groups in total. The zero-order valence-electron chi connectivity index (χ0n) is 36.9. The van der Waals surface area contributed by atoms with Gasteiger partial charge in [0.1, 0.15) is 0 Å². The molecule has 0 spiro atoms. The summed E-state index contributed by atoms with van der Waals surface area (Å²) in [5.74, 6) is 0. The molecule has 0 atom stereocenters. The van der Waals surface area contributed by atoms with Crippen molar-refractivity contribution in [1.29, 1.82) is 0 Å². The second kappa shape index (κ2) is 16.5. The Morgan fingerprint density at radius 1 is 0.308 bits per heavy atom. The van der Waals surface area contributed by atoms with Crippen molar-refractivity contribution in [1.82, 2.24) is 0 Å². The lowest BCUT2D eigenvalue weighted by atomic mass is 9.82. The van der Waals surface area contributed by atoms with Crippen molar-refractivity contribution in [3.8, 4) is 22.3 Å². The van der Waals surface area contributed by atoms with Gasteiger partial charge in [-0.25, -0.2) is 0 Å². The molecule has 0 radical (unpaired) electrons. The molecule has 0 unspecified atom stereocenters. The minimum Gasteiger partial charge on any atom is -0.310 e. The molecule has 312 valence electrons. The highest BCUT2D eigenvalue weighted by molar-refractivity contribution is 6.06. The Morgan fingerprint density at radius 3 is 1.31 bits per heavy atom. The maximum Gasteiger partial charge on any atom is 0.0540 e. The van der Waals surface area contributed by atoms with E-state index >= 15 is 0 Å². The molecular weight excluding hydrogens is 787 g/mol. The van der Waals surface area contributed by atoms with Gasteiger partial charge in [-0.15, -0.1) is 0 Å². The Labute approximate surface area is 382 Å². The van der Waals surface area contributed by atoms with E-state index in [9.17, 15) is 0 Å². The van der Waals surface area contributed by atoms with Crippen LogP contribution in [0, 0.1) is 6.92 Å². The van der Waals surface area contributed by atoms with E-state index < -0.39 is 0 Å². The summed E-state index contributed by atoms with van der Waals surface area (Å²) in [4.78, 5) is 7.25. The number of rotatable bonds is 10. The van der Waals surface area contributed by atoms with Crippen LogP contribution < -0.4 is 14.7 Å². The van der Waals surface area contributed by atoms with Crippen molar-refractivity contribution >= 4 is 62.0 Å². The topological polar surface area (TPSA) is 9.72 Å². The third-order valence-corrected chi connectivity index (χ3v) is 13.1. The Morgan fingerprint density at radius 2 is 0.769 bits per heavy atom. The van der Waals surface area contributed by atoms with Gasteiger partial charge in [-0.05, 0) is 136 Å². The van der Waals surface area contributed by atoms with Crippen molar-refractivity contribution in [2.75, 3.05) is 14.7 Å². The lowest BCUT2D eigenvalue weighted by Gasteiger charge is -2.34. The molecule has 65 heavy (non-hydrogen) atoms. The van der Waals surface area contributed by atoms with Gasteiger partial charge in [-0.2, -0.15) is 0 Å². The summed E-state index contributed by atoms with van der Waals surface area (Å²) in [7, 11) is 0. The number of fused-ring (bicyclic) bond motifs is 4. The van der Waals surface area contributed by atoms with E-state index in [0.717, 1.165) is 51.2 Å². The smallest absolute Gasteiger partial charge is 0.0540 e. The third-order valence-electron chi connectivity index (χ3n) is 13.1. The second-order valence-corrected chi connectivity index (χ2v) is 17.5. The third kappa shape index (κ3) is 7.12. The number of hydrogen-bond donors (Lipinski definition) is 0.